The molecular weight excluding hydrogens is 268 g/mol. The Morgan fingerprint density at radius 3 is 2.45 bits per heavy atom. The molecule has 0 N–H and O–H groups in total. The molecule has 0 spiro atoms. The minimum absolute atomic E-state index is 0.0520. The van der Waals surface area contributed by atoms with E-state index in [1.165, 1.54) is 12.2 Å². The number of fused-ring (bicyclic) bond motifs is 2. The number of carbonyl (C=O) groups is 1. The Morgan fingerprint density at radius 1 is 0.818 bits per heavy atom. The standard InChI is InChI=1S/C21H16O/c1-18-9-2-3-11-19-12-4-5-13-20(17-19)14-6-7-15-21(22)16-8-10-18/h4-8,10,12-16H,17H2,1H3/b14-6+,15-7+,16-8+,18-10-. The summed E-state index contributed by atoms with van der Waals surface area (Å²) in [4.78, 5) is 11.6. The van der Waals surface area contributed by atoms with Gasteiger partial charge in [0.1, 0.15) is 0 Å². The van der Waals surface area contributed by atoms with Crippen molar-refractivity contribution in [3.05, 3.63) is 83.6 Å². The second kappa shape index (κ2) is 8.30. The summed E-state index contributed by atoms with van der Waals surface area (Å²) in [7, 11) is 0. The van der Waals surface area contributed by atoms with Gasteiger partial charge in [-0.2, -0.15) is 0 Å². The highest BCUT2D eigenvalue weighted by atomic mass is 16.1. The van der Waals surface area contributed by atoms with Crippen molar-refractivity contribution in [1.82, 2.24) is 0 Å². The third-order valence-corrected chi connectivity index (χ3v) is 2.95. The van der Waals surface area contributed by atoms with Gasteiger partial charge in [0.25, 0.3) is 0 Å². The predicted molar refractivity (Wildman–Crippen MR) is 91.7 cm³/mol. The molecule has 0 radical (unpaired) electrons. The quantitative estimate of drug-likeness (QED) is 0.614. The van der Waals surface area contributed by atoms with Crippen LogP contribution in [0.25, 0.3) is 0 Å². The summed E-state index contributed by atoms with van der Waals surface area (Å²) >= 11 is 0. The summed E-state index contributed by atoms with van der Waals surface area (Å²) in [6.07, 6.45) is 20.9. The van der Waals surface area contributed by atoms with Crippen LogP contribution in [0, 0.1) is 23.7 Å². The molecule has 0 atom stereocenters. The van der Waals surface area contributed by atoms with Crippen LogP contribution < -0.4 is 0 Å². The van der Waals surface area contributed by atoms with Crippen LogP contribution in [0.1, 0.15) is 13.3 Å². The van der Waals surface area contributed by atoms with Crippen molar-refractivity contribution < 1.29 is 4.79 Å². The first-order chi connectivity index (χ1) is 10.7. The maximum atomic E-state index is 11.6. The van der Waals surface area contributed by atoms with Gasteiger partial charge in [-0.3, -0.25) is 4.79 Å². The molecule has 0 aromatic heterocycles. The number of carbonyl (C=O) groups excluding carboxylic acids is 1. The fraction of sp³-hybridized carbons (Fsp3) is 0.0952. The fourth-order valence-corrected chi connectivity index (χ4v) is 1.84. The van der Waals surface area contributed by atoms with Gasteiger partial charge in [0.2, 0.25) is 0 Å². The van der Waals surface area contributed by atoms with Crippen LogP contribution in [0.4, 0.5) is 0 Å². The first-order valence-electron chi connectivity index (χ1n) is 7.06. The summed E-state index contributed by atoms with van der Waals surface area (Å²) in [5, 5.41) is 0. The normalized spacial score (nSPS) is 24.0. The van der Waals surface area contributed by atoms with Gasteiger partial charge in [-0.25, -0.2) is 0 Å². The average Bonchev–Trinajstić information content (AvgIpc) is 2.72. The Bertz CT molecular complexity index is 782. The van der Waals surface area contributed by atoms with E-state index in [9.17, 15) is 4.79 Å². The van der Waals surface area contributed by atoms with E-state index < -0.39 is 0 Å². The van der Waals surface area contributed by atoms with E-state index in [2.05, 4.69) is 23.7 Å². The zero-order valence-corrected chi connectivity index (χ0v) is 12.5. The van der Waals surface area contributed by atoms with Gasteiger partial charge in [0.15, 0.2) is 5.78 Å². The molecule has 0 aromatic carbocycles. The lowest BCUT2D eigenvalue weighted by atomic mass is 10.1. The van der Waals surface area contributed by atoms with Gasteiger partial charge in [-0.15, -0.1) is 0 Å². The van der Waals surface area contributed by atoms with Crippen LogP contribution >= 0.6 is 0 Å². The highest BCUT2D eigenvalue weighted by Gasteiger charge is 1.98. The van der Waals surface area contributed by atoms with Crippen LogP contribution in [0.2, 0.25) is 0 Å². The second-order valence-electron chi connectivity index (χ2n) is 4.82. The Hall–Kier alpha value is -3.03. The number of allylic oxidation sites excluding steroid dienone is 14. The molecule has 22 heavy (non-hydrogen) atoms. The molecule has 1 heteroatoms. The molecule has 0 fully saturated rings. The lowest BCUT2D eigenvalue weighted by Gasteiger charge is -1.98. The van der Waals surface area contributed by atoms with Crippen molar-refractivity contribution in [2.75, 3.05) is 0 Å². The molecule has 1 nitrogen and oxygen atoms in total. The van der Waals surface area contributed by atoms with Crippen molar-refractivity contribution >= 4 is 5.78 Å². The van der Waals surface area contributed by atoms with E-state index in [-0.39, 0.29) is 5.78 Å². The van der Waals surface area contributed by atoms with E-state index in [4.69, 9.17) is 0 Å². The zero-order valence-electron chi connectivity index (χ0n) is 12.5. The highest BCUT2D eigenvalue weighted by molar-refractivity contribution is 5.99. The van der Waals surface area contributed by atoms with Gasteiger partial charge in [0, 0.05) is 12.0 Å². The van der Waals surface area contributed by atoms with Gasteiger partial charge >= 0.3 is 0 Å². The largest absolute Gasteiger partial charge is 0.290 e. The molecule has 2 aliphatic carbocycles. The number of hydrogen-bond donors (Lipinski definition) is 0. The van der Waals surface area contributed by atoms with Gasteiger partial charge in [-0.05, 0) is 42.1 Å². The van der Waals surface area contributed by atoms with Gasteiger partial charge in [-0.1, -0.05) is 66.5 Å². The summed E-state index contributed by atoms with van der Waals surface area (Å²) in [6.45, 7) is 1.89. The Balaban J connectivity index is 2.35. The molecule has 0 saturated carbocycles. The van der Waals surface area contributed by atoms with Crippen molar-refractivity contribution in [3.8, 4) is 23.7 Å². The molecule has 2 aliphatic rings. The molecule has 2 rings (SSSR count). The van der Waals surface area contributed by atoms with E-state index >= 15 is 0 Å². The minimum atomic E-state index is -0.0520. The maximum Gasteiger partial charge on any atom is 0.178 e. The monoisotopic (exact) mass is 284 g/mol. The van der Waals surface area contributed by atoms with Crippen LogP contribution in [0.3, 0.4) is 0 Å². The fourth-order valence-electron chi connectivity index (χ4n) is 1.84. The zero-order chi connectivity index (χ0) is 15.6. The van der Waals surface area contributed by atoms with Crippen molar-refractivity contribution in [2.45, 2.75) is 13.3 Å². The lowest BCUT2D eigenvalue weighted by molar-refractivity contribution is -0.110. The molecular formula is C21H16O. The average molecular weight is 284 g/mol. The predicted octanol–water partition coefficient (Wildman–Crippen LogP) is 4.00. The minimum Gasteiger partial charge on any atom is -0.290 e. The third kappa shape index (κ3) is 5.53. The lowest BCUT2D eigenvalue weighted by Crippen LogP contribution is -1.84. The van der Waals surface area contributed by atoms with E-state index in [1.807, 2.05) is 43.4 Å². The molecule has 0 amide bonds. The van der Waals surface area contributed by atoms with E-state index in [1.54, 1.807) is 18.2 Å². The van der Waals surface area contributed by atoms with Crippen LogP contribution in [-0.2, 0) is 4.79 Å². The van der Waals surface area contributed by atoms with Crippen molar-refractivity contribution in [1.29, 1.82) is 0 Å². The molecule has 0 saturated heterocycles. The van der Waals surface area contributed by atoms with E-state index in [0.29, 0.717) is 0 Å². The summed E-state index contributed by atoms with van der Waals surface area (Å²) in [5.74, 6) is 11.7. The summed E-state index contributed by atoms with van der Waals surface area (Å²) in [6, 6.07) is 0. The summed E-state index contributed by atoms with van der Waals surface area (Å²) < 4.78 is 0. The third-order valence-electron chi connectivity index (χ3n) is 2.95. The second-order valence-corrected chi connectivity index (χ2v) is 4.82. The first kappa shape index (κ1) is 15.4. The Morgan fingerprint density at radius 2 is 1.55 bits per heavy atom. The molecule has 0 aromatic rings. The number of hydrogen-bond acceptors (Lipinski definition) is 1. The SMILES string of the molecule is C/C1=C/C=C/C(=O)/C=C/C=C/C2=CC=CC=C(C#CC#C1)C2. The molecule has 2 bridgehead atoms. The number of rotatable bonds is 0. The summed E-state index contributed by atoms with van der Waals surface area (Å²) in [5.41, 5.74) is 3.02. The van der Waals surface area contributed by atoms with Crippen molar-refractivity contribution in [2.24, 2.45) is 0 Å². The molecule has 0 heterocycles. The van der Waals surface area contributed by atoms with E-state index in [0.717, 1.165) is 23.1 Å². The maximum absolute atomic E-state index is 11.6. The van der Waals surface area contributed by atoms with Gasteiger partial charge < -0.3 is 0 Å². The highest BCUT2D eigenvalue weighted by Crippen LogP contribution is 2.15. The van der Waals surface area contributed by atoms with Crippen molar-refractivity contribution in [3.63, 3.8) is 0 Å². The molecule has 106 valence electrons. The Kier molecular flexibility index (Phi) is 5.80. The smallest absolute Gasteiger partial charge is 0.178 e. The van der Waals surface area contributed by atoms with Gasteiger partial charge in [0.05, 0.1) is 0 Å². The van der Waals surface area contributed by atoms with Crippen LogP contribution in [-0.4, -0.2) is 5.78 Å². The first-order valence-corrected chi connectivity index (χ1v) is 7.06. The molecule has 0 unspecified atom stereocenters. The van der Waals surface area contributed by atoms with Crippen LogP contribution in [0.15, 0.2) is 83.6 Å². The molecule has 0 aliphatic heterocycles. The topological polar surface area (TPSA) is 17.1 Å². The van der Waals surface area contributed by atoms with Crippen LogP contribution in [0.5, 0.6) is 0 Å². The number of ketones is 1. The Labute approximate surface area is 131 Å².